The van der Waals surface area contributed by atoms with E-state index in [1.165, 1.54) is 77.0 Å². The van der Waals surface area contributed by atoms with Crippen LogP contribution < -0.4 is 5.73 Å². The van der Waals surface area contributed by atoms with Gasteiger partial charge in [0.15, 0.2) is 0 Å². The molecule has 0 saturated heterocycles. The first-order valence-corrected chi connectivity index (χ1v) is 21.2. The minimum Gasteiger partial charge on any atom is -0.480 e. The number of carbonyl (C=O) groups excluding carboxylic acids is 2. The Morgan fingerprint density at radius 3 is 1.18 bits per heavy atom. The lowest BCUT2D eigenvalue weighted by Crippen LogP contribution is -2.34. The lowest BCUT2D eigenvalue weighted by atomic mass is 10.1. The molecule has 0 saturated carbocycles. The normalized spacial score (nSPS) is 12.6. The van der Waals surface area contributed by atoms with E-state index in [0.717, 1.165) is 77.0 Å². The van der Waals surface area contributed by atoms with Crippen molar-refractivity contribution in [1.82, 2.24) is 0 Å². The smallest absolute Gasteiger partial charge is 0.480 e. The van der Waals surface area contributed by atoms with E-state index in [9.17, 15) is 18.9 Å². The van der Waals surface area contributed by atoms with Crippen molar-refractivity contribution in [3.05, 3.63) is 24.3 Å². The van der Waals surface area contributed by atoms with Crippen molar-refractivity contribution in [2.24, 2.45) is 5.73 Å². The number of hydrogen-bond acceptors (Lipinski definition) is 8. The predicted octanol–water partition coefficient (Wildman–Crippen LogP) is 11.7. The number of nitrogens with two attached hydrogens (primary N) is 1. The van der Waals surface area contributed by atoms with Crippen LogP contribution >= 0.6 is 7.82 Å². The van der Waals surface area contributed by atoms with Gasteiger partial charge in [0.05, 0.1) is 6.61 Å². The highest BCUT2D eigenvalue weighted by Gasteiger charge is 2.36. The van der Waals surface area contributed by atoms with E-state index in [2.05, 4.69) is 38.2 Å². The lowest BCUT2D eigenvalue weighted by molar-refractivity contribution is -0.141. The first-order chi connectivity index (χ1) is 23.7. The molecule has 3 N–H and O–H groups in total. The van der Waals surface area contributed by atoms with E-state index in [0.29, 0.717) is 12.8 Å². The highest BCUT2D eigenvalue weighted by Crippen LogP contribution is 2.50. The Balaban J connectivity index is 4.22. The number of rotatable bonds is 36. The highest BCUT2D eigenvalue weighted by molar-refractivity contribution is 7.49. The summed E-state index contributed by atoms with van der Waals surface area (Å²) >= 11 is 0. The molecule has 0 aromatic carbocycles. The molecule has 0 radical (unpaired) electrons. The van der Waals surface area contributed by atoms with Gasteiger partial charge < -0.3 is 19.9 Å². The summed E-state index contributed by atoms with van der Waals surface area (Å²) in [4.78, 5) is 35.9. The maximum Gasteiger partial charge on any atom is 0.592 e. The third-order valence-corrected chi connectivity index (χ3v) is 9.76. The number of phosphoric acid groups is 1. The van der Waals surface area contributed by atoms with Crippen LogP contribution in [0.1, 0.15) is 194 Å². The summed E-state index contributed by atoms with van der Waals surface area (Å²) in [7, 11) is -4.66. The average molecular weight is 714 g/mol. The first-order valence-electron chi connectivity index (χ1n) is 19.7. The number of aliphatic carboxylic acids is 1. The predicted molar refractivity (Wildman–Crippen MR) is 200 cm³/mol. The van der Waals surface area contributed by atoms with Crippen molar-refractivity contribution < 1.29 is 37.6 Å². The van der Waals surface area contributed by atoms with Gasteiger partial charge >= 0.3 is 25.7 Å². The second-order valence-electron chi connectivity index (χ2n) is 13.3. The zero-order valence-electron chi connectivity index (χ0n) is 31.2. The van der Waals surface area contributed by atoms with Crippen LogP contribution in [0.5, 0.6) is 0 Å². The second-order valence-corrected chi connectivity index (χ2v) is 14.8. The molecule has 10 heteroatoms. The summed E-state index contributed by atoms with van der Waals surface area (Å²) in [6, 6.07) is -1.51. The molecule has 0 amide bonds. The number of carboxylic acid groups (broad SMARTS) is 1. The first kappa shape index (κ1) is 47.0. The minimum atomic E-state index is -4.66. The highest BCUT2D eigenvalue weighted by atomic mass is 31.2. The Hall–Kier alpha value is -1.96. The van der Waals surface area contributed by atoms with Gasteiger partial charge in [0.25, 0.3) is 0 Å². The molecule has 0 fully saturated rings. The molecule has 0 bridgehead atoms. The second kappa shape index (κ2) is 34.5. The van der Waals surface area contributed by atoms with Crippen molar-refractivity contribution in [3.63, 3.8) is 0 Å². The third kappa shape index (κ3) is 33.0. The van der Waals surface area contributed by atoms with Gasteiger partial charge in [-0.05, 0) is 64.2 Å². The number of phosphoric ester groups is 1. The quantitative estimate of drug-likeness (QED) is 0.0368. The van der Waals surface area contributed by atoms with Crippen LogP contribution in [-0.2, 0) is 32.5 Å². The molecule has 0 aromatic rings. The van der Waals surface area contributed by atoms with Crippen LogP contribution in [0, 0.1) is 0 Å². The zero-order chi connectivity index (χ0) is 36.3. The molecule has 0 aliphatic carbocycles. The summed E-state index contributed by atoms with van der Waals surface area (Å²) < 4.78 is 28.1. The molecule has 0 heterocycles. The van der Waals surface area contributed by atoms with Gasteiger partial charge in [0.2, 0.25) is 0 Å². The SMILES string of the molecule is CCCCCCCC/C=C\CCCCCCCC(=O)OP(=O)(OC[C@H](N)C(=O)O)OC(=O)CCCCCCC/C=C\CCCCCCCC. The Bertz CT molecular complexity index is 865. The van der Waals surface area contributed by atoms with E-state index in [1.54, 1.807) is 0 Å². The molecule has 0 rings (SSSR count). The molecule has 0 aliphatic rings. The molecule has 1 atom stereocenters. The van der Waals surface area contributed by atoms with Crippen molar-refractivity contribution in [1.29, 1.82) is 0 Å². The van der Waals surface area contributed by atoms with Gasteiger partial charge in [-0.25, -0.2) is 4.57 Å². The summed E-state index contributed by atoms with van der Waals surface area (Å²) in [5.41, 5.74) is 5.45. The maximum atomic E-state index is 13.1. The maximum absolute atomic E-state index is 13.1. The average Bonchev–Trinajstić information content (AvgIpc) is 3.07. The fourth-order valence-corrected chi connectivity index (χ4v) is 6.50. The zero-order valence-corrected chi connectivity index (χ0v) is 32.1. The van der Waals surface area contributed by atoms with Gasteiger partial charge in [0, 0.05) is 12.8 Å². The van der Waals surface area contributed by atoms with Crippen LogP contribution in [0.15, 0.2) is 24.3 Å². The minimum absolute atomic E-state index is 0.0116. The van der Waals surface area contributed by atoms with Gasteiger partial charge in [0.1, 0.15) is 6.04 Å². The lowest BCUT2D eigenvalue weighted by Gasteiger charge is -2.18. The monoisotopic (exact) mass is 713 g/mol. The Morgan fingerprint density at radius 2 is 0.857 bits per heavy atom. The van der Waals surface area contributed by atoms with Crippen LogP contribution in [0.3, 0.4) is 0 Å². The Kier molecular flexibility index (Phi) is 33.1. The van der Waals surface area contributed by atoms with E-state index in [4.69, 9.17) is 24.4 Å². The van der Waals surface area contributed by atoms with Crippen molar-refractivity contribution >= 4 is 25.7 Å². The number of carbonyl (C=O) groups is 3. The topological polar surface area (TPSA) is 142 Å². The van der Waals surface area contributed by atoms with E-state index >= 15 is 0 Å². The van der Waals surface area contributed by atoms with Crippen LogP contribution in [0.25, 0.3) is 0 Å². The Morgan fingerprint density at radius 1 is 0.551 bits per heavy atom. The van der Waals surface area contributed by atoms with Gasteiger partial charge in [-0.15, -0.1) is 0 Å². The molecule has 286 valence electrons. The Labute approximate surface area is 299 Å². The number of carboxylic acids is 1. The standard InChI is InChI=1S/C39H72NO8P/c1-3-5-7-9-11-13-15-17-19-21-23-25-27-29-31-33-37(41)47-49(45,46-35-36(40)39(43)44)48-38(42)34-32-30-28-26-24-22-20-18-16-14-12-10-8-6-4-2/h17-20,36H,3-16,21-35,40H2,1-2H3,(H,43,44)/b19-17-,20-18-/t36-/m0/s1. The molecule has 0 spiro atoms. The molecular weight excluding hydrogens is 641 g/mol. The van der Waals surface area contributed by atoms with E-state index in [-0.39, 0.29) is 12.8 Å². The molecule has 0 unspecified atom stereocenters. The summed E-state index contributed by atoms with van der Waals surface area (Å²) in [6.45, 7) is 3.74. The molecular formula is C39H72NO8P. The molecule has 0 aromatic heterocycles. The summed E-state index contributed by atoms with van der Waals surface area (Å²) in [6.07, 6.45) is 38.1. The van der Waals surface area contributed by atoms with Crippen LogP contribution in [0.4, 0.5) is 0 Å². The molecule has 0 aliphatic heterocycles. The number of allylic oxidation sites excluding steroid dienone is 4. The fraction of sp³-hybridized carbons (Fsp3) is 0.821. The summed E-state index contributed by atoms with van der Waals surface area (Å²) in [5.74, 6) is -3.02. The van der Waals surface area contributed by atoms with Crippen LogP contribution in [-0.4, -0.2) is 35.7 Å². The van der Waals surface area contributed by atoms with E-state index in [1.807, 2.05) is 0 Å². The third-order valence-electron chi connectivity index (χ3n) is 8.44. The van der Waals surface area contributed by atoms with Crippen LogP contribution in [0.2, 0.25) is 0 Å². The van der Waals surface area contributed by atoms with Crippen molar-refractivity contribution in [2.75, 3.05) is 6.61 Å². The van der Waals surface area contributed by atoms with Gasteiger partial charge in [-0.1, -0.05) is 141 Å². The fourth-order valence-electron chi connectivity index (χ4n) is 5.34. The largest absolute Gasteiger partial charge is 0.592 e. The molecule has 9 nitrogen and oxygen atoms in total. The van der Waals surface area contributed by atoms with E-state index < -0.39 is 38.4 Å². The van der Waals surface area contributed by atoms with Crippen molar-refractivity contribution in [3.8, 4) is 0 Å². The van der Waals surface area contributed by atoms with Gasteiger partial charge in [-0.2, -0.15) is 0 Å². The van der Waals surface area contributed by atoms with Crippen molar-refractivity contribution in [2.45, 2.75) is 200 Å². The summed E-state index contributed by atoms with van der Waals surface area (Å²) in [5, 5.41) is 9.03. The number of unbranched alkanes of at least 4 members (excludes halogenated alkanes) is 22. The number of hydrogen-bond donors (Lipinski definition) is 2. The van der Waals surface area contributed by atoms with Gasteiger partial charge in [-0.3, -0.25) is 18.9 Å². The molecule has 49 heavy (non-hydrogen) atoms.